The van der Waals surface area contributed by atoms with E-state index in [2.05, 4.69) is 5.32 Å². The Labute approximate surface area is 192 Å². The first kappa shape index (κ1) is 22.8. The van der Waals surface area contributed by atoms with E-state index in [1.807, 2.05) is 24.3 Å². The van der Waals surface area contributed by atoms with Crippen molar-refractivity contribution in [3.63, 3.8) is 0 Å². The Balaban J connectivity index is 1.66. The van der Waals surface area contributed by atoms with E-state index >= 15 is 0 Å². The maximum absolute atomic E-state index is 13.4. The number of hydrogen-bond acceptors (Lipinski definition) is 5. The molecule has 0 unspecified atom stereocenters. The van der Waals surface area contributed by atoms with Crippen LogP contribution in [0.25, 0.3) is 0 Å². The summed E-state index contributed by atoms with van der Waals surface area (Å²) >= 11 is 0. The van der Waals surface area contributed by atoms with Crippen LogP contribution in [0.15, 0.2) is 70.2 Å². The summed E-state index contributed by atoms with van der Waals surface area (Å²) in [6, 6.07) is 14.7. The fourth-order valence-corrected chi connectivity index (χ4v) is 4.76. The van der Waals surface area contributed by atoms with Crippen LogP contribution in [0.1, 0.15) is 27.2 Å². The van der Waals surface area contributed by atoms with Gasteiger partial charge in [0.15, 0.2) is 5.76 Å². The lowest BCUT2D eigenvalue weighted by Gasteiger charge is -2.35. The molecule has 0 aliphatic carbocycles. The summed E-state index contributed by atoms with van der Waals surface area (Å²) in [6.45, 7) is 2.05. The average Bonchev–Trinajstić information content (AvgIpc) is 3.34. The summed E-state index contributed by atoms with van der Waals surface area (Å²) in [5.41, 5.74) is 3.05. The number of carbonyl (C=O) groups is 2. The van der Waals surface area contributed by atoms with Crippen molar-refractivity contribution in [2.24, 2.45) is 0 Å². The van der Waals surface area contributed by atoms with Gasteiger partial charge in [-0.1, -0.05) is 30.3 Å². The molecule has 4 rings (SSSR count). The first-order valence-corrected chi connectivity index (χ1v) is 11.9. The smallest absolute Gasteiger partial charge is 0.290 e. The number of furan rings is 1. The number of hydrogen-bond donors (Lipinski definition) is 1. The van der Waals surface area contributed by atoms with Crippen molar-refractivity contribution in [1.82, 2.24) is 9.21 Å². The van der Waals surface area contributed by atoms with Crippen molar-refractivity contribution in [2.45, 2.75) is 30.8 Å². The van der Waals surface area contributed by atoms with Gasteiger partial charge >= 0.3 is 0 Å². The Kier molecular flexibility index (Phi) is 6.09. The Bertz CT molecular complexity index is 1300. The molecule has 9 heteroatoms. The molecular weight excluding hydrogens is 442 g/mol. The summed E-state index contributed by atoms with van der Waals surface area (Å²) < 4.78 is 31.5. The van der Waals surface area contributed by atoms with Crippen molar-refractivity contribution in [2.75, 3.05) is 19.4 Å². The quantitative estimate of drug-likeness (QED) is 0.622. The second-order valence-corrected chi connectivity index (χ2v) is 10.3. The maximum atomic E-state index is 13.4. The van der Waals surface area contributed by atoms with Gasteiger partial charge in [0.05, 0.1) is 11.2 Å². The molecule has 3 aromatic rings. The van der Waals surface area contributed by atoms with Gasteiger partial charge in [-0.2, -0.15) is 0 Å². The van der Waals surface area contributed by atoms with Crippen LogP contribution in [0, 0.1) is 6.92 Å². The molecule has 0 radical (unpaired) electrons. The fraction of sp³-hybridized carbons (Fsp3) is 0.250. The minimum Gasteiger partial charge on any atom is -0.459 e. The lowest BCUT2D eigenvalue weighted by Crippen LogP contribution is -2.50. The van der Waals surface area contributed by atoms with E-state index in [9.17, 15) is 18.0 Å². The topological polar surface area (TPSA) is 99.9 Å². The van der Waals surface area contributed by atoms with Gasteiger partial charge in [-0.05, 0) is 47.9 Å². The minimum atomic E-state index is -3.67. The standard InChI is InChI=1S/C24H25N3O5S/c1-16-10-11-19(33(30,31)26(2)3)14-20(16)25-23(28)21-13-17-7-4-5-8-18(17)15-27(21)24(29)22-9-6-12-32-22/h4-12,14,21H,13,15H2,1-3H3,(H,25,28)/t21-/m1/s1. The highest BCUT2D eigenvalue weighted by atomic mass is 32.2. The third-order valence-electron chi connectivity index (χ3n) is 5.79. The van der Waals surface area contributed by atoms with Crippen LogP contribution < -0.4 is 5.32 Å². The fourth-order valence-electron chi connectivity index (χ4n) is 3.84. The molecule has 1 aromatic heterocycles. The van der Waals surface area contributed by atoms with E-state index in [4.69, 9.17) is 4.42 Å². The van der Waals surface area contributed by atoms with E-state index < -0.39 is 22.0 Å². The molecular formula is C24H25N3O5S. The highest BCUT2D eigenvalue weighted by molar-refractivity contribution is 7.89. The van der Waals surface area contributed by atoms with Crippen molar-refractivity contribution in [3.05, 3.63) is 83.3 Å². The number of rotatable bonds is 5. The molecule has 1 aliphatic heterocycles. The predicted molar refractivity (Wildman–Crippen MR) is 123 cm³/mol. The molecule has 0 fully saturated rings. The van der Waals surface area contributed by atoms with E-state index in [0.717, 1.165) is 15.4 Å². The van der Waals surface area contributed by atoms with Crippen molar-refractivity contribution >= 4 is 27.5 Å². The van der Waals surface area contributed by atoms with Crippen LogP contribution in [-0.4, -0.2) is 49.6 Å². The zero-order chi connectivity index (χ0) is 23.8. The first-order valence-electron chi connectivity index (χ1n) is 10.4. The predicted octanol–water partition coefficient (Wildman–Crippen LogP) is 3.04. The van der Waals surface area contributed by atoms with Gasteiger partial charge < -0.3 is 14.6 Å². The van der Waals surface area contributed by atoms with Gasteiger partial charge in [0.2, 0.25) is 15.9 Å². The molecule has 0 saturated heterocycles. The second-order valence-electron chi connectivity index (χ2n) is 8.15. The summed E-state index contributed by atoms with van der Waals surface area (Å²) in [6.07, 6.45) is 1.75. The number of benzene rings is 2. The minimum absolute atomic E-state index is 0.0749. The van der Waals surface area contributed by atoms with Crippen LogP contribution in [0.4, 0.5) is 5.69 Å². The monoisotopic (exact) mass is 467 g/mol. The number of fused-ring (bicyclic) bond motifs is 1. The number of nitrogens with zero attached hydrogens (tertiary/aromatic N) is 2. The van der Waals surface area contributed by atoms with E-state index in [-0.39, 0.29) is 23.1 Å². The van der Waals surface area contributed by atoms with Gasteiger partial charge in [0, 0.05) is 32.7 Å². The largest absolute Gasteiger partial charge is 0.459 e. The van der Waals surface area contributed by atoms with Gasteiger partial charge in [0.25, 0.3) is 5.91 Å². The molecule has 1 aliphatic rings. The number of amides is 2. The second kappa shape index (κ2) is 8.84. The molecule has 33 heavy (non-hydrogen) atoms. The molecule has 172 valence electrons. The number of carbonyl (C=O) groups excluding carboxylic acids is 2. The van der Waals surface area contributed by atoms with Crippen molar-refractivity contribution in [3.8, 4) is 0 Å². The SMILES string of the molecule is Cc1ccc(S(=O)(=O)N(C)C)cc1NC(=O)[C@H]1Cc2ccccc2CN1C(=O)c1ccco1. The average molecular weight is 468 g/mol. The molecule has 0 spiro atoms. The Morgan fingerprint density at radius 2 is 1.79 bits per heavy atom. The van der Waals surface area contributed by atoms with Gasteiger partial charge in [0.1, 0.15) is 6.04 Å². The molecule has 2 amide bonds. The Hall–Kier alpha value is -3.43. The van der Waals surface area contributed by atoms with Crippen molar-refractivity contribution in [1.29, 1.82) is 0 Å². The molecule has 8 nitrogen and oxygen atoms in total. The number of sulfonamides is 1. The molecule has 1 atom stereocenters. The van der Waals surface area contributed by atoms with Crippen LogP contribution in [0.2, 0.25) is 0 Å². The van der Waals surface area contributed by atoms with E-state index in [1.165, 1.54) is 37.4 Å². The Morgan fingerprint density at radius 1 is 1.06 bits per heavy atom. The summed E-state index contributed by atoms with van der Waals surface area (Å²) in [5.74, 6) is -0.621. The van der Waals surface area contributed by atoms with Crippen LogP contribution in [0.5, 0.6) is 0 Å². The lowest BCUT2D eigenvalue weighted by atomic mass is 9.93. The number of nitrogens with one attached hydrogen (secondary N) is 1. The highest BCUT2D eigenvalue weighted by Crippen LogP contribution is 2.27. The summed E-state index contributed by atoms with van der Waals surface area (Å²) in [4.78, 5) is 28.1. The first-order chi connectivity index (χ1) is 15.7. The maximum Gasteiger partial charge on any atom is 0.290 e. The highest BCUT2D eigenvalue weighted by Gasteiger charge is 2.36. The van der Waals surface area contributed by atoms with Crippen LogP contribution in [-0.2, 0) is 27.8 Å². The number of anilines is 1. The molecule has 0 bridgehead atoms. The zero-order valence-corrected chi connectivity index (χ0v) is 19.4. The van der Waals surface area contributed by atoms with Gasteiger partial charge in [-0.3, -0.25) is 9.59 Å². The summed E-state index contributed by atoms with van der Waals surface area (Å²) in [5, 5.41) is 2.85. The molecule has 2 heterocycles. The third-order valence-corrected chi connectivity index (χ3v) is 7.60. The normalized spacial score (nSPS) is 15.9. The van der Waals surface area contributed by atoms with E-state index in [1.54, 1.807) is 25.1 Å². The van der Waals surface area contributed by atoms with Crippen LogP contribution >= 0.6 is 0 Å². The summed E-state index contributed by atoms with van der Waals surface area (Å²) in [7, 11) is -0.767. The van der Waals surface area contributed by atoms with Crippen molar-refractivity contribution < 1.29 is 22.4 Å². The third kappa shape index (κ3) is 4.42. The lowest BCUT2D eigenvalue weighted by molar-refractivity contribution is -0.121. The molecule has 1 N–H and O–H groups in total. The zero-order valence-electron chi connectivity index (χ0n) is 18.6. The van der Waals surface area contributed by atoms with Gasteiger partial charge in [-0.25, -0.2) is 12.7 Å². The number of aryl methyl sites for hydroxylation is 1. The van der Waals surface area contributed by atoms with Crippen LogP contribution in [0.3, 0.4) is 0 Å². The van der Waals surface area contributed by atoms with E-state index in [0.29, 0.717) is 17.7 Å². The Morgan fingerprint density at radius 3 is 2.45 bits per heavy atom. The molecule has 2 aromatic carbocycles. The molecule has 0 saturated carbocycles. The van der Waals surface area contributed by atoms with Gasteiger partial charge in [-0.15, -0.1) is 0 Å².